The van der Waals surface area contributed by atoms with Crippen LogP contribution in [0, 0.1) is 35.0 Å². The van der Waals surface area contributed by atoms with E-state index in [9.17, 15) is 31.3 Å². The Bertz CT molecular complexity index is 1140. The zero-order valence-electron chi connectivity index (χ0n) is 20.2. The SMILES string of the molecule is C[C@H](NP(=O)(Oc1ccc(C(C)(C)C)cc1)Oc1c(F)c(F)c(F)c(F)c1F)C(=O)OCC1CCC1. The second-order valence-electron chi connectivity index (χ2n) is 9.63. The molecule has 1 unspecified atom stereocenters. The van der Waals surface area contributed by atoms with E-state index in [0.717, 1.165) is 24.8 Å². The Morgan fingerprint density at radius 2 is 1.50 bits per heavy atom. The van der Waals surface area contributed by atoms with Gasteiger partial charge in [0.2, 0.25) is 34.8 Å². The normalized spacial score (nSPS) is 16.6. The predicted molar refractivity (Wildman–Crippen MR) is 121 cm³/mol. The summed E-state index contributed by atoms with van der Waals surface area (Å²) >= 11 is 0. The molecule has 3 rings (SSSR count). The van der Waals surface area contributed by atoms with E-state index in [-0.39, 0.29) is 23.7 Å². The molecule has 0 spiro atoms. The molecule has 2 aromatic carbocycles. The third kappa shape index (κ3) is 6.37. The first kappa shape index (κ1) is 27.9. The van der Waals surface area contributed by atoms with Crippen LogP contribution in [0.1, 0.15) is 52.5 Å². The lowest BCUT2D eigenvalue weighted by Gasteiger charge is -2.26. The number of benzene rings is 2. The molecule has 198 valence electrons. The number of nitrogens with one attached hydrogen (secondary N) is 1. The van der Waals surface area contributed by atoms with Crippen molar-refractivity contribution in [1.82, 2.24) is 5.09 Å². The maximum absolute atomic E-state index is 14.3. The summed E-state index contributed by atoms with van der Waals surface area (Å²) in [4.78, 5) is 12.4. The lowest BCUT2D eigenvalue weighted by atomic mass is 9.86. The fourth-order valence-corrected chi connectivity index (χ4v) is 4.81. The van der Waals surface area contributed by atoms with Gasteiger partial charge in [-0.15, -0.1) is 0 Å². The van der Waals surface area contributed by atoms with E-state index < -0.39 is 54.6 Å². The van der Waals surface area contributed by atoms with Crippen LogP contribution in [0.25, 0.3) is 0 Å². The van der Waals surface area contributed by atoms with Gasteiger partial charge in [-0.05, 0) is 48.8 Å². The third-order valence-corrected chi connectivity index (χ3v) is 7.30. The van der Waals surface area contributed by atoms with Gasteiger partial charge in [0.25, 0.3) is 0 Å². The fraction of sp³-hybridized carbons (Fsp3) is 0.458. The summed E-state index contributed by atoms with van der Waals surface area (Å²) in [5.41, 5.74) is 0.622. The number of esters is 1. The third-order valence-electron chi connectivity index (χ3n) is 5.72. The van der Waals surface area contributed by atoms with E-state index in [1.807, 2.05) is 20.8 Å². The van der Waals surface area contributed by atoms with Crippen molar-refractivity contribution in [2.75, 3.05) is 6.61 Å². The number of carbonyl (C=O) groups excluding carboxylic acids is 1. The van der Waals surface area contributed by atoms with Gasteiger partial charge in [-0.25, -0.2) is 17.7 Å². The molecule has 1 aliphatic rings. The quantitative estimate of drug-likeness (QED) is 0.129. The highest BCUT2D eigenvalue weighted by Gasteiger charge is 2.38. The first-order chi connectivity index (χ1) is 16.7. The van der Waals surface area contributed by atoms with Crippen molar-refractivity contribution >= 4 is 13.7 Å². The maximum atomic E-state index is 14.3. The van der Waals surface area contributed by atoms with Crippen molar-refractivity contribution in [1.29, 1.82) is 0 Å². The van der Waals surface area contributed by atoms with Crippen LogP contribution in [0.3, 0.4) is 0 Å². The molecule has 0 bridgehead atoms. The largest absolute Gasteiger partial charge is 0.513 e. The lowest BCUT2D eigenvalue weighted by molar-refractivity contribution is -0.147. The summed E-state index contributed by atoms with van der Waals surface area (Å²) < 4.78 is 98.2. The van der Waals surface area contributed by atoms with Crippen LogP contribution in [-0.4, -0.2) is 18.6 Å². The number of hydrogen-bond donors (Lipinski definition) is 1. The molecular weight excluding hydrogens is 508 g/mol. The zero-order chi connectivity index (χ0) is 26.8. The molecule has 1 N–H and O–H groups in total. The van der Waals surface area contributed by atoms with Crippen LogP contribution in [0.2, 0.25) is 0 Å². The molecule has 1 aliphatic carbocycles. The predicted octanol–water partition coefficient (Wildman–Crippen LogP) is 6.57. The Kier molecular flexibility index (Phi) is 8.35. The number of rotatable bonds is 9. The van der Waals surface area contributed by atoms with Gasteiger partial charge in [-0.1, -0.05) is 39.3 Å². The molecule has 6 nitrogen and oxygen atoms in total. The second-order valence-corrected chi connectivity index (χ2v) is 11.2. The first-order valence-corrected chi connectivity index (χ1v) is 12.8. The molecule has 1 fully saturated rings. The minimum atomic E-state index is -4.96. The van der Waals surface area contributed by atoms with Crippen LogP contribution in [-0.2, 0) is 19.5 Å². The van der Waals surface area contributed by atoms with Gasteiger partial charge in [-0.2, -0.15) is 13.9 Å². The molecule has 2 atom stereocenters. The van der Waals surface area contributed by atoms with Gasteiger partial charge in [0.15, 0.2) is 0 Å². The Morgan fingerprint density at radius 1 is 0.972 bits per heavy atom. The molecule has 0 amide bonds. The van der Waals surface area contributed by atoms with Crippen molar-refractivity contribution < 1.29 is 45.1 Å². The topological polar surface area (TPSA) is 73.9 Å². The molecule has 0 aromatic heterocycles. The molecule has 2 aromatic rings. The average molecular weight is 535 g/mol. The summed E-state index contributed by atoms with van der Waals surface area (Å²) in [7, 11) is -4.96. The van der Waals surface area contributed by atoms with E-state index in [1.165, 1.54) is 19.1 Å². The molecule has 0 radical (unpaired) electrons. The summed E-state index contributed by atoms with van der Waals surface area (Å²) in [6, 6.07) is 4.65. The van der Waals surface area contributed by atoms with Crippen LogP contribution in [0.15, 0.2) is 24.3 Å². The Morgan fingerprint density at radius 3 is 1.97 bits per heavy atom. The Hall–Kier alpha value is -2.65. The molecular formula is C24H27F5NO5P. The van der Waals surface area contributed by atoms with Crippen LogP contribution in [0.4, 0.5) is 22.0 Å². The standard InChI is InChI=1S/C24H27F5NO5P/c1-13(23(31)33-12-14-6-5-7-14)30-36(32,34-16-10-8-15(9-11-16)24(2,3)4)35-22-20(28)18(26)17(25)19(27)21(22)29/h8-11,13-14H,5-7,12H2,1-4H3,(H,30,32)/t13-,36?/m0/s1. The number of halogens is 5. The molecule has 0 aliphatic heterocycles. The van der Waals surface area contributed by atoms with Gasteiger partial charge in [0.1, 0.15) is 11.8 Å². The van der Waals surface area contributed by atoms with Gasteiger partial charge >= 0.3 is 13.7 Å². The van der Waals surface area contributed by atoms with Crippen LogP contribution < -0.4 is 14.1 Å². The molecule has 12 heteroatoms. The second kappa shape index (κ2) is 10.8. The molecule has 0 saturated heterocycles. The monoisotopic (exact) mass is 535 g/mol. The highest BCUT2D eigenvalue weighted by atomic mass is 31.2. The first-order valence-electron chi connectivity index (χ1n) is 11.3. The highest BCUT2D eigenvalue weighted by molar-refractivity contribution is 7.52. The van der Waals surface area contributed by atoms with Crippen molar-refractivity contribution in [2.24, 2.45) is 5.92 Å². The minimum absolute atomic E-state index is 0.113. The van der Waals surface area contributed by atoms with Gasteiger partial charge in [-0.3, -0.25) is 4.79 Å². The Balaban J connectivity index is 1.90. The van der Waals surface area contributed by atoms with E-state index >= 15 is 0 Å². The van der Waals surface area contributed by atoms with Crippen molar-refractivity contribution in [3.05, 3.63) is 58.9 Å². The summed E-state index contributed by atoms with van der Waals surface area (Å²) in [5, 5.41) is 2.17. The summed E-state index contributed by atoms with van der Waals surface area (Å²) in [6.07, 6.45) is 2.80. The van der Waals surface area contributed by atoms with E-state index in [1.54, 1.807) is 12.1 Å². The van der Waals surface area contributed by atoms with Gasteiger partial charge in [0.05, 0.1) is 6.61 Å². The highest BCUT2D eigenvalue weighted by Crippen LogP contribution is 2.48. The number of ether oxygens (including phenoxy) is 1. The van der Waals surface area contributed by atoms with Crippen LogP contribution >= 0.6 is 7.75 Å². The van der Waals surface area contributed by atoms with E-state index in [2.05, 4.69) is 5.09 Å². The lowest BCUT2D eigenvalue weighted by Crippen LogP contribution is -2.37. The van der Waals surface area contributed by atoms with Gasteiger partial charge < -0.3 is 13.8 Å². The van der Waals surface area contributed by atoms with Gasteiger partial charge in [0, 0.05) is 0 Å². The summed E-state index contributed by atoms with van der Waals surface area (Å²) in [6.45, 7) is 7.18. The Labute approximate surface area is 205 Å². The fourth-order valence-electron chi connectivity index (χ4n) is 3.29. The van der Waals surface area contributed by atoms with Crippen LogP contribution in [0.5, 0.6) is 11.5 Å². The number of hydrogen-bond acceptors (Lipinski definition) is 5. The maximum Gasteiger partial charge on any atom is 0.513 e. The smallest absolute Gasteiger partial charge is 0.464 e. The van der Waals surface area contributed by atoms with Crippen molar-refractivity contribution in [2.45, 2.75) is 58.4 Å². The van der Waals surface area contributed by atoms with Crippen molar-refractivity contribution in [3.8, 4) is 11.5 Å². The summed E-state index contributed by atoms with van der Waals surface area (Å²) in [5.74, 6) is -14.3. The average Bonchev–Trinajstić information content (AvgIpc) is 2.77. The molecule has 0 heterocycles. The minimum Gasteiger partial charge on any atom is -0.464 e. The number of carbonyl (C=O) groups is 1. The van der Waals surface area contributed by atoms with E-state index in [4.69, 9.17) is 13.8 Å². The zero-order valence-corrected chi connectivity index (χ0v) is 21.1. The van der Waals surface area contributed by atoms with E-state index in [0.29, 0.717) is 0 Å². The molecule has 36 heavy (non-hydrogen) atoms. The molecule has 1 saturated carbocycles. The van der Waals surface area contributed by atoms with Crippen molar-refractivity contribution in [3.63, 3.8) is 0 Å².